The summed E-state index contributed by atoms with van der Waals surface area (Å²) < 4.78 is 14.6. The Labute approximate surface area is 256 Å². The fourth-order valence-corrected chi connectivity index (χ4v) is 9.62. The summed E-state index contributed by atoms with van der Waals surface area (Å²) in [5, 5.41) is 11.6. The first-order valence-electron chi connectivity index (χ1n) is 14.2. The normalized spacial score (nSPS) is 29.5. The number of hydrogen-bond donors (Lipinski definition) is 2. The molecular formula is C29H48IN5O3Si2. The lowest BCUT2D eigenvalue weighted by molar-refractivity contribution is -0.0648. The minimum Gasteiger partial charge on any atom is -0.414 e. The number of aliphatic hydroxyl groups is 1. The Bertz CT molecular complexity index is 1210. The molecule has 222 valence electrons. The lowest BCUT2D eigenvalue weighted by Gasteiger charge is -2.49. The van der Waals surface area contributed by atoms with Crippen LogP contribution in [0.3, 0.4) is 0 Å². The van der Waals surface area contributed by atoms with Crippen molar-refractivity contribution in [2.24, 2.45) is 20.7 Å². The van der Waals surface area contributed by atoms with Gasteiger partial charge in [-0.15, -0.1) is 0 Å². The second kappa shape index (κ2) is 10.6. The molecule has 11 heteroatoms. The van der Waals surface area contributed by atoms with Crippen LogP contribution in [0.25, 0.3) is 0 Å². The molecule has 1 unspecified atom stereocenters. The van der Waals surface area contributed by atoms with Gasteiger partial charge in [0.2, 0.25) is 0 Å². The molecule has 1 aromatic carbocycles. The van der Waals surface area contributed by atoms with E-state index in [1.807, 2.05) is 0 Å². The lowest BCUT2D eigenvalue weighted by Crippen LogP contribution is -2.65. The highest BCUT2D eigenvalue weighted by Gasteiger charge is 2.63. The Kier molecular flexibility index (Phi) is 8.50. The van der Waals surface area contributed by atoms with Gasteiger partial charge in [0.05, 0.1) is 19.9 Å². The molecule has 4 atom stereocenters. The van der Waals surface area contributed by atoms with E-state index >= 15 is 0 Å². The number of aliphatic imine (C=N–C) groups is 3. The Balaban J connectivity index is 1.60. The van der Waals surface area contributed by atoms with Crippen LogP contribution < -0.4 is 5.73 Å². The maximum atomic E-state index is 12.6. The summed E-state index contributed by atoms with van der Waals surface area (Å²) in [6.45, 7) is 23.2. The summed E-state index contributed by atoms with van der Waals surface area (Å²) in [6, 6.07) is 8.31. The van der Waals surface area contributed by atoms with Gasteiger partial charge in [-0.1, -0.05) is 66.8 Å². The van der Waals surface area contributed by atoms with Crippen molar-refractivity contribution in [1.29, 1.82) is 0 Å². The third-order valence-corrected chi connectivity index (χ3v) is 21.8. The van der Waals surface area contributed by atoms with Gasteiger partial charge in [-0.3, -0.25) is 4.99 Å². The van der Waals surface area contributed by atoms with Crippen molar-refractivity contribution in [3.8, 4) is 0 Å². The minimum atomic E-state index is -2.31. The highest BCUT2D eigenvalue weighted by atomic mass is 127. The van der Waals surface area contributed by atoms with Gasteiger partial charge in [-0.25, -0.2) is 9.98 Å². The van der Waals surface area contributed by atoms with Gasteiger partial charge in [-0.2, -0.15) is 0 Å². The van der Waals surface area contributed by atoms with Gasteiger partial charge in [0.25, 0.3) is 0 Å². The van der Waals surface area contributed by atoms with Crippen molar-refractivity contribution in [3.05, 3.63) is 33.4 Å². The van der Waals surface area contributed by atoms with Crippen LogP contribution in [0, 0.1) is 3.57 Å². The molecule has 3 heterocycles. The fourth-order valence-electron chi connectivity index (χ4n) is 5.32. The summed E-state index contributed by atoms with van der Waals surface area (Å²) in [4.78, 5) is 16.1. The highest BCUT2D eigenvalue weighted by molar-refractivity contribution is 14.1. The first-order chi connectivity index (χ1) is 18.2. The van der Waals surface area contributed by atoms with E-state index in [-0.39, 0.29) is 16.3 Å². The zero-order valence-corrected chi connectivity index (χ0v) is 30.0. The van der Waals surface area contributed by atoms with Crippen LogP contribution in [0.1, 0.15) is 53.5 Å². The lowest BCUT2D eigenvalue weighted by atomic mass is 9.94. The quantitative estimate of drug-likeness (QED) is 0.287. The van der Waals surface area contributed by atoms with Crippen molar-refractivity contribution in [2.75, 3.05) is 13.3 Å². The first-order valence-corrected chi connectivity index (χ1v) is 21.2. The molecule has 3 N–H and O–H groups in total. The van der Waals surface area contributed by atoms with E-state index in [0.29, 0.717) is 37.7 Å². The number of hydrogen-bond acceptors (Lipinski definition) is 8. The summed E-state index contributed by atoms with van der Waals surface area (Å²) in [5.74, 6) is 0.691. The van der Waals surface area contributed by atoms with Crippen molar-refractivity contribution < 1.29 is 14.3 Å². The number of fused-ring (bicyclic) bond motifs is 1. The van der Waals surface area contributed by atoms with Gasteiger partial charge >= 0.3 is 0 Å². The molecule has 40 heavy (non-hydrogen) atoms. The molecule has 8 nitrogen and oxygen atoms in total. The van der Waals surface area contributed by atoms with Crippen LogP contribution in [0.5, 0.6) is 0 Å². The Morgan fingerprint density at radius 2 is 1.73 bits per heavy atom. The summed E-state index contributed by atoms with van der Waals surface area (Å²) in [6.07, 6.45) is 1.72. The molecule has 4 rings (SSSR count). The number of ether oxygens (including phenoxy) is 1. The SMILES string of the molecule is CC(C)(C)[Si](C)(C)OC[C@H]1O[C@@H](N2CN=C3C2=NC=NC3(N)Cc2ccc(I)cc2)C[C@@]1(O)[Si](C)(C)C(C)(C)C. The molecule has 0 saturated carbocycles. The molecular weight excluding hydrogens is 649 g/mol. The van der Waals surface area contributed by atoms with Gasteiger partial charge in [0, 0.05) is 16.4 Å². The molecule has 3 aliphatic rings. The monoisotopic (exact) mass is 697 g/mol. The van der Waals surface area contributed by atoms with Crippen molar-refractivity contribution in [1.82, 2.24) is 4.90 Å². The van der Waals surface area contributed by atoms with Gasteiger partial charge in [-0.05, 0) is 63.5 Å². The predicted octanol–water partition coefficient (Wildman–Crippen LogP) is 5.56. The van der Waals surface area contributed by atoms with Crippen LogP contribution in [-0.4, -0.2) is 80.8 Å². The van der Waals surface area contributed by atoms with E-state index in [9.17, 15) is 5.11 Å². The minimum absolute atomic E-state index is 0.0448. The maximum absolute atomic E-state index is 12.6. The molecule has 0 aliphatic carbocycles. The van der Waals surface area contributed by atoms with Crippen molar-refractivity contribution >= 4 is 56.9 Å². The van der Waals surface area contributed by atoms with Gasteiger partial charge in [0.1, 0.15) is 31.1 Å². The molecule has 0 bridgehead atoms. The van der Waals surface area contributed by atoms with E-state index in [1.54, 1.807) is 6.34 Å². The number of rotatable bonds is 7. The fraction of sp³-hybridized carbons (Fsp3) is 0.690. The van der Waals surface area contributed by atoms with E-state index in [2.05, 4.69) is 129 Å². The van der Waals surface area contributed by atoms with Crippen LogP contribution in [-0.2, 0) is 15.6 Å². The van der Waals surface area contributed by atoms with Crippen LogP contribution in [0.4, 0.5) is 0 Å². The van der Waals surface area contributed by atoms with E-state index in [0.717, 1.165) is 5.56 Å². The first kappa shape index (κ1) is 32.0. The Morgan fingerprint density at radius 1 is 1.10 bits per heavy atom. The molecule has 1 fully saturated rings. The maximum Gasteiger partial charge on any atom is 0.192 e. The van der Waals surface area contributed by atoms with Crippen LogP contribution >= 0.6 is 22.6 Å². The average molecular weight is 698 g/mol. The van der Waals surface area contributed by atoms with Crippen LogP contribution in [0.2, 0.25) is 36.3 Å². The summed E-state index contributed by atoms with van der Waals surface area (Å²) >= 11 is 2.30. The molecule has 0 aromatic heterocycles. The number of halogens is 1. The topological polar surface area (TPSA) is 105 Å². The molecule has 3 aliphatic heterocycles. The smallest absolute Gasteiger partial charge is 0.192 e. The van der Waals surface area contributed by atoms with Crippen LogP contribution in [0.15, 0.2) is 39.2 Å². The summed E-state index contributed by atoms with van der Waals surface area (Å²) in [5.41, 5.74) is 7.65. The third-order valence-electron chi connectivity index (χ3n) is 10.2. The van der Waals surface area contributed by atoms with Gasteiger partial charge in [0.15, 0.2) is 19.8 Å². The Morgan fingerprint density at radius 3 is 2.30 bits per heavy atom. The molecule has 1 aromatic rings. The molecule has 0 spiro atoms. The van der Waals surface area contributed by atoms with Crippen molar-refractivity contribution in [3.63, 3.8) is 0 Å². The highest BCUT2D eigenvalue weighted by Crippen LogP contribution is 2.50. The second-order valence-corrected chi connectivity index (χ2v) is 26.4. The predicted molar refractivity (Wildman–Crippen MR) is 178 cm³/mol. The zero-order valence-electron chi connectivity index (χ0n) is 25.9. The third kappa shape index (κ3) is 5.68. The van der Waals surface area contributed by atoms with Crippen molar-refractivity contribution in [2.45, 2.75) is 114 Å². The Hall–Kier alpha value is -0.966. The number of nitrogens with zero attached hydrogens (tertiary/aromatic N) is 4. The average Bonchev–Trinajstić information content (AvgIpc) is 3.41. The largest absolute Gasteiger partial charge is 0.414 e. The number of nitrogens with two attached hydrogens (primary N) is 1. The van der Waals surface area contributed by atoms with Gasteiger partial charge < -0.3 is 24.9 Å². The second-order valence-electron chi connectivity index (χ2n) is 14.7. The zero-order chi connectivity index (χ0) is 29.9. The standard InChI is InChI=1S/C29H48IN5O3Si2/c1-26(2,3)39(7,8)29(36)16-23(38-22(29)17-37-40(9,10)27(4,5)6)35-19-33-24-25(35)32-18-34-28(24,31)15-20-11-13-21(30)14-12-20/h11-14,18,22-23,36H,15-17,19,31H2,1-10H3/t22-,23-,28?,29-/m1/s1. The molecule has 0 radical (unpaired) electrons. The van der Waals surface area contributed by atoms with E-state index in [4.69, 9.17) is 19.9 Å². The van der Waals surface area contributed by atoms with E-state index < -0.39 is 33.4 Å². The summed E-state index contributed by atoms with van der Waals surface area (Å²) in [7, 11) is -4.36. The molecule has 1 saturated heterocycles. The number of benzene rings is 1. The van der Waals surface area contributed by atoms with E-state index in [1.165, 1.54) is 3.57 Å². The number of amidine groups is 1. The molecule has 0 amide bonds.